The van der Waals surface area contributed by atoms with Crippen LogP contribution in [0.5, 0.6) is 0 Å². The number of fused-ring (bicyclic) bond motifs is 1. The number of amides is 2. The minimum Gasteiger partial charge on any atom is -0.443 e. The van der Waals surface area contributed by atoms with E-state index in [0.717, 1.165) is 5.56 Å². The first-order valence-electron chi connectivity index (χ1n) is 7.98. The van der Waals surface area contributed by atoms with Crippen LogP contribution >= 0.6 is 0 Å². The van der Waals surface area contributed by atoms with Crippen LogP contribution in [0.25, 0.3) is 5.88 Å². The molecule has 0 fully saturated rings. The highest BCUT2D eigenvalue weighted by Crippen LogP contribution is 2.27. The molecule has 1 aliphatic heterocycles. The van der Waals surface area contributed by atoms with E-state index in [0.29, 0.717) is 29.4 Å². The van der Waals surface area contributed by atoms with Crippen molar-refractivity contribution in [2.24, 2.45) is 0 Å². The zero-order valence-corrected chi connectivity index (χ0v) is 13.9. The minimum atomic E-state index is -0.459. The fourth-order valence-corrected chi connectivity index (χ4v) is 3.04. The first kappa shape index (κ1) is 15.7. The van der Waals surface area contributed by atoms with Gasteiger partial charge in [0.15, 0.2) is 0 Å². The van der Waals surface area contributed by atoms with Crippen LogP contribution in [0.1, 0.15) is 37.6 Å². The number of benzene rings is 1. The summed E-state index contributed by atoms with van der Waals surface area (Å²) in [7, 11) is 0. The molecule has 0 atom stereocenters. The van der Waals surface area contributed by atoms with Gasteiger partial charge in [-0.3, -0.25) is 14.2 Å². The number of hydrogen-bond acceptors (Lipinski definition) is 4. The van der Waals surface area contributed by atoms with Crippen LogP contribution in [0.4, 0.5) is 5.69 Å². The van der Waals surface area contributed by atoms with Gasteiger partial charge in [0.2, 0.25) is 5.88 Å². The Bertz CT molecular complexity index is 1070. The van der Waals surface area contributed by atoms with E-state index in [4.69, 9.17) is 4.42 Å². The van der Waals surface area contributed by atoms with E-state index in [9.17, 15) is 14.9 Å². The Labute approximate surface area is 148 Å². The molecule has 2 amide bonds. The van der Waals surface area contributed by atoms with Crippen molar-refractivity contribution >= 4 is 17.5 Å². The quantitative estimate of drug-likeness (QED) is 0.761. The van der Waals surface area contributed by atoms with Crippen molar-refractivity contribution in [3.05, 3.63) is 70.7 Å². The van der Waals surface area contributed by atoms with Crippen molar-refractivity contribution in [3.63, 3.8) is 0 Å². The molecular formula is C19H14N4O3. The van der Waals surface area contributed by atoms with Gasteiger partial charge in [-0.25, -0.2) is 0 Å². The number of nitrogens with one attached hydrogen (secondary N) is 2. The lowest BCUT2D eigenvalue weighted by atomic mass is 10.1. The number of nitriles is 1. The zero-order chi connectivity index (χ0) is 18.3. The van der Waals surface area contributed by atoms with Gasteiger partial charge in [-0.15, -0.1) is 0 Å². The standard InChI is InChI=1S/C19H14N4O3/c1-11-16(15(9-20)19(26-11)23-6-2-3-7-23)18(25)22-13-5-4-12-10-21-17(24)14(12)8-13/h2-8H,10H2,1H3,(H,21,24)(H,22,25). The van der Waals surface area contributed by atoms with Gasteiger partial charge in [-0.2, -0.15) is 5.26 Å². The number of aryl methyl sites for hydroxylation is 1. The Morgan fingerprint density at radius 1 is 1.35 bits per heavy atom. The van der Waals surface area contributed by atoms with E-state index in [1.54, 1.807) is 54.2 Å². The molecule has 7 heteroatoms. The molecule has 0 radical (unpaired) electrons. The molecule has 128 valence electrons. The molecule has 1 aromatic carbocycles. The summed E-state index contributed by atoms with van der Waals surface area (Å²) < 4.78 is 7.29. The molecule has 0 saturated heterocycles. The lowest BCUT2D eigenvalue weighted by Gasteiger charge is -2.06. The van der Waals surface area contributed by atoms with E-state index < -0.39 is 5.91 Å². The highest BCUT2D eigenvalue weighted by atomic mass is 16.4. The van der Waals surface area contributed by atoms with E-state index in [2.05, 4.69) is 10.6 Å². The molecule has 3 aromatic rings. The van der Waals surface area contributed by atoms with E-state index in [1.165, 1.54) is 0 Å². The number of hydrogen-bond donors (Lipinski definition) is 2. The highest BCUT2D eigenvalue weighted by molar-refractivity contribution is 6.08. The molecule has 1 aliphatic rings. The SMILES string of the molecule is Cc1oc(-n2cccc2)c(C#N)c1C(=O)Nc1ccc2c(c1)C(=O)NC2. The Morgan fingerprint density at radius 2 is 2.12 bits per heavy atom. The van der Waals surface area contributed by atoms with Gasteiger partial charge in [0, 0.05) is 30.2 Å². The lowest BCUT2D eigenvalue weighted by molar-refractivity contribution is 0.0964. The average Bonchev–Trinajstić information content (AvgIpc) is 3.34. The van der Waals surface area contributed by atoms with Crippen LogP contribution in [0.3, 0.4) is 0 Å². The number of carbonyl (C=O) groups excluding carboxylic acids is 2. The van der Waals surface area contributed by atoms with Crippen molar-refractivity contribution in [1.29, 1.82) is 5.26 Å². The molecule has 0 unspecified atom stereocenters. The maximum absolute atomic E-state index is 12.7. The zero-order valence-electron chi connectivity index (χ0n) is 13.9. The fourth-order valence-electron chi connectivity index (χ4n) is 3.04. The largest absolute Gasteiger partial charge is 0.443 e. The van der Waals surface area contributed by atoms with Crippen LogP contribution in [-0.4, -0.2) is 16.4 Å². The number of rotatable bonds is 3. The van der Waals surface area contributed by atoms with Crippen LogP contribution in [-0.2, 0) is 6.54 Å². The summed E-state index contributed by atoms with van der Waals surface area (Å²) in [5.41, 5.74) is 2.26. The Kier molecular flexibility index (Phi) is 3.59. The molecule has 4 rings (SSSR count). The molecule has 0 bridgehead atoms. The van der Waals surface area contributed by atoms with Crippen LogP contribution in [0.15, 0.2) is 47.1 Å². The summed E-state index contributed by atoms with van der Waals surface area (Å²) in [6.07, 6.45) is 3.47. The predicted octanol–water partition coefficient (Wildman–Crippen LogP) is 2.75. The number of nitrogens with zero attached hydrogens (tertiary/aromatic N) is 2. The van der Waals surface area contributed by atoms with Crippen LogP contribution in [0, 0.1) is 18.3 Å². The van der Waals surface area contributed by atoms with Crippen molar-refractivity contribution < 1.29 is 14.0 Å². The second kappa shape index (κ2) is 5.93. The summed E-state index contributed by atoms with van der Waals surface area (Å²) in [5, 5.41) is 15.0. The molecule has 2 N–H and O–H groups in total. The van der Waals surface area contributed by atoms with E-state index in [1.807, 2.05) is 6.07 Å². The Hall–Kier alpha value is -3.79. The molecule has 0 spiro atoms. The number of furan rings is 1. The third-order valence-corrected chi connectivity index (χ3v) is 4.30. The third kappa shape index (κ3) is 2.45. The summed E-state index contributed by atoms with van der Waals surface area (Å²) in [6.45, 7) is 2.13. The minimum absolute atomic E-state index is 0.162. The Morgan fingerprint density at radius 3 is 2.85 bits per heavy atom. The molecule has 3 heterocycles. The van der Waals surface area contributed by atoms with Crippen molar-refractivity contribution in [2.45, 2.75) is 13.5 Å². The number of aromatic nitrogens is 1. The van der Waals surface area contributed by atoms with Gasteiger partial charge >= 0.3 is 0 Å². The monoisotopic (exact) mass is 346 g/mol. The molecule has 0 aliphatic carbocycles. The third-order valence-electron chi connectivity index (χ3n) is 4.30. The van der Waals surface area contributed by atoms with Crippen molar-refractivity contribution in [1.82, 2.24) is 9.88 Å². The van der Waals surface area contributed by atoms with Crippen molar-refractivity contribution in [3.8, 4) is 12.0 Å². The first-order valence-corrected chi connectivity index (χ1v) is 7.98. The van der Waals surface area contributed by atoms with Gasteiger partial charge in [0.05, 0.1) is 0 Å². The Balaban J connectivity index is 1.68. The molecule has 7 nitrogen and oxygen atoms in total. The van der Waals surface area contributed by atoms with Gasteiger partial charge in [0.1, 0.15) is 23.0 Å². The molecule has 26 heavy (non-hydrogen) atoms. The first-order chi connectivity index (χ1) is 12.6. The predicted molar refractivity (Wildman–Crippen MR) is 93.1 cm³/mol. The normalized spacial score (nSPS) is 12.4. The lowest BCUT2D eigenvalue weighted by Crippen LogP contribution is -2.15. The van der Waals surface area contributed by atoms with Crippen LogP contribution < -0.4 is 10.6 Å². The van der Waals surface area contributed by atoms with Crippen molar-refractivity contribution in [2.75, 3.05) is 5.32 Å². The molecule has 2 aromatic heterocycles. The summed E-state index contributed by atoms with van der Waals surface area (Å²) in [5.74, 6) is 0.0258. The maximum atomic E-state index is 12.7. The topological polar surface area (TPSA) is 100 Å². The summed E-state index contributed by atoms with van der Waals surface area (Å²) >= 11 is 0. The number of carbonyl (C=O) groups is 2. The maximum Gasteiger partial charge on any atom is 0.260 e. The molecule has 0 saturated carbocycles. The average molecular weight is 346 g/mol. The van der Waals surface area contributed by atoms with Gasteiger partial charge in [0.25, 0.3) is 11.8 Å². The smallest absolute Gasteiger partial charge is 0.260 e. The molecular weight excluding hydrogens is 332 g/mol. The van der Waals surface area contributed by atoms with Crippen LogP contribution in [0.2, 0.25) is 0 Å². The second-order valence-electron chi connectivity index (χ2n) is 5.92. The highest BCUT2D eigenvalue weighted by Gasteiger charge is 2.25. The van der Waals surface area contributed by atoms with E-state index in [-0.39, 0.29) is 17.0 Å². The second-order valence-corrected chi connectivity index (χ2v) is 5.92. The summed E-state index contributed by atoms with van der Waals surface area (Å²) in [6, 6.07) is 10.8. The number of anilines is 1. The van der Waals surface area contributed by atoms with E-state index >= 15 is 0 Å². The summed E-state index contributed by atoms with van der Waals surface area (Å²) in [4.78, 5) is 24.5. The van der Waals surface area contributed by atoms with Gasteiger partial charge < -0.3 is 15.1 Å². The van der Waals surface area contributed by atoms with Gasteiger partial charge in [-0.1, -0.05) is 6.07 Å². The van der Waals surface area contributed by atoms with Gasteiger partial charge in [-0.05, 0) is 36.8 Å². The fraction of sp³-hybridized carbons (Fsp3) is 0.105.